The van der Waals surface area contributed by atoms with Crippen LogP contribution in [-0.4, -0.2) is 21.8 Å². The minimum absolute atomic E-state index is 0.0142. The lowest BCUT2D eigenvalue weighted by Crippen LogP contribution is -2.19. The first kappa shape index (κ1) is 20.5. The van der Waals surface area contributed by atoms with Crippen molar-refractivity contribution in [1.82, 2.24) is 9.55 Å². The molecule has 152 valence electrons. The Kier molecular flexibility index (Phi) is 5.69. The van der Waals surface area contributed by atoms with Crippen LogP contribution in [0, 0.1) is 24.4 Å². The van der Waals surface area contributed by atoms with Gasteiger partial charge in [-0.15, -0.1) is 0 Å². The van der Waals surface area contributed by atoms with Crippen molar-refractivity contribution < 1.29 is 23.0 Å². The maximum atomic E-state index is 13.5. The Morgan fingerprint density at radius 3 is 2.48 bits per heavy atom. The molecule has 0 aliphatic carbocycles. The van der Waals surface area contributed by atoms with Crippen LogP contribution < -0.4 is 15.6 Å². The monoisotopic (exact) mass is 425 g/mol. The molecule has 1 aromatic heterocycles. The molecule has 10 heteroatoms. The van der Waals surface area contributed by atoms with Gasteiger partial charge in [-0.3, -0.25) is 4.79 Å². The summed E-state index contributed by atoms with van der Waals surface area (Å²) in [6.07, 6.45) is 1.43. The fraction of sp³-hybridized carbons (Fsp3) is 0.158. The van der Waals surface area contributed by atoms with Crippen molar-refractivity contribution in [2.75, 3.05) is 12.4 Å². The maximum Gasteiger partial charge on any atom is 0.277 e. The number of nitrogens with one attached hydrogen (secondary N) is 1. The molecule has 6 nitrogen and oxygen atoms in total. The van der Waals surface area contributed by atoms with Crippen LogP contribution in [0.25, 0.3) is 0 Å². The van der Waals surface area contributed by atoms with E-state index in [0.29, 0.717) is 0 Å². The highest BCUT2D eigenvalue weighted by molar-refractivity contribution is 6.33. The van der Waals surface area contributed by atoms with Crippen molar-refractivity contribution in [1.29, 1.82) is 0 Å². The standard InChI is InChI=1S/C19H15ClF3N3O3/c1-9-7-26(8-10-3-12(21)17(23)13(22)4-10)19(25-18(9)28)24-14-6-16(29-2)15(27)5-11(14)20/h3-7,27H,8H2,1-2H3,(H,24,25,28). The molecule has 0 radical (unpaired) electrons. The molecule has 0 aliphatic rings. The minimum atomic E-state index is -1.57. The van der Waals surface area contributed by atoms with Crippen molar-refractivity contribution in [3.05, 3.63) is 74.4 Å². The van der Waals surface area contributed by atoms with Gasteiger partial charge in [-0.25, -0.2) is 13.2 Å². The van der Waals surface area contributed by atoms with E-state index < -0.39 is 23.0 Å². The predicted molar refractivity (Wildman–Crippen MR) is 102 cm³/mol. The van der Waals surface area contributed by atoms with Gasteiger partial charge in [-0.1, -0.05) is 11.6 Å². The second-order valence-corrected chi connectivity index (χ2v) is 6.59. The van der Waals surface area contributed by atoms with Gasteiger partial charge in [-0.05, 0) is 24.6 Å². The number of phenolic OH excluding ortho intramolecular Hbond substituents is 1. The third-order valence-electron chi connectivity index (χ3n) is 4.08. The lowest BCUT2D eigenvalue weighted by molar-refractivity contribution is 0.374. The molecular formula is C19H15ClF3N3O3. The van der Waals surface area contributed by atoms with Crippen LogP contribution in [0.4, 0.5) is 24.8 Å². The number of hydrogen-bond donors (Lipinski definition) is 2. The first-order chi connectivity index (χ1) is 13.7. The van der Waals surface area contributed by atoms with E-state index in [9.17, 15) is 23.1 Å². The lowest BCUT2D eigenvalue weighted by Gasteiger charge is -2.16. The van der Waals surface area contributed by atoms with Crippen molar-refractivity contribution in [2.45, 2.75) is 13.5 Å². The number of ether oxygens (including phenoxy) is 1. The van der Waals surface area contributed by atoms with Gasteiger partial charge < -0.3 is 19.7 Å². The van der Waals surface area contributed by atoms with Gasteiger partial charge in [-0.2, -0.15) is 4.98 Å². The van der Waals surface area contributed by atoms with Gasteiger partial charge in [0.1, 0.15) is 0 Å². The SMILES string of the molecule is COc1cc(Nc2nc(=O)c(C)cn2Cc2cc(F)c(F)c(F)c2)c(Cl)cc1O. The Morgan fingerprint density at radius 1 is 1.21 bits per heavy atom. The second kappa shape index (κ2) is 8.04. The smallest absolute Gasteiger partial charge is 0.277 e. The number of halogens is 4. The minimum Gasteiger partial charge on any atom is -0.504 e. The Balaban J connectivity index is 2.04. The molecule has 0 saturated heterocycles. The molecule has 2 aromatic carbocycles. The van der Waals surface area contributed by atoms with E-state index in [2.05, 4.69) is 10.3 Å². The topological polar surface area (TPSA) is 76.4 Å². The Bertz CT molecular complexity index is 1130. The maximum absolute atomic E-state index is 13.5. The van der Waals surface area contributed by atoms with Crippen molar-refractivity contribution in [3.8, 4) is 11.5 Å². The number of aromatic hydroxyl groups is 1. The Morgan fingerprint density at radius 2 is 1.86 bits per heavy atom. The predicted octanol–water partition coefficient (Wildman–Crippen LogP) is 4.13. The molecule has 0 bridgehead atoms. The Hall–Kier alpha value is -3.20. The van der Waals surface area contributed by atoms with Gasteiger partial charge >= 0.3 is 0 Å². The van der Waals surface area contributed by atoms with Gasteiger partial charge in [0.15, 0.2) is 29.0 Å². The molecule has 1 heterocycles. The molecule has 2 N–H and O–H groups in total. The summed E-state index contributed by atoms with van der Waals surface area (Å²) >= 11 is 6.12. The van der Waals surface area contributed by atoms with Crippen molar-refractivity contribution >= 4 is 23.2 Å². The third-order valence-corrected chi connectivity index (χ3v) is 4.39. The fourth-order valence-corrected chi connectivity index (χ4v) is 2.84. The van der Waals surface area contributed by atoms with Crippen molar-refractivity contribution in [2.24, 2.45) is 0 Å². The molecule has 0 fully saturated rings. The van der Waals surface area contributed by atoms with Crippen LogP contribution in [0.2, 0.25) is 5.02 Å². The number of hydrogen-bond acceptors (Lipinski definition) is 5. The molecule has 0 atom stereocenters. The summed E-state index contributed by atoms with van der Waals surface area (Å²) < 4.78 is 46.7. The molecule has 0 amide bonds. The van der Waals surface area contributed by atoms with E-state index in [1.54, 1.807) is 0 Å². The number of benzene rings is 2. The fourth-order valence-electron chi connectivity index (χ4n) is 2.64. The molecule has 0 saturated carbocycles. The summed E-state index contributed by atoms with van der Waals surface area (Å²) in [5.74, 6) is -4.27. The number of nitrogens with zero attached hydrogens (tertiary/aromatic N) is 2. The molecule has 0 aliphatic heterocycles. The molecule has 0 spiro atoms. The van der Waals surface area contributed by atoms with E-state index in [1.165, 1.54) is 36.9 Å². The van der Waals surface area contributed by atoms with Crippen LogP contribution in [0.15, 0.2) is 35.3 Å². The molecule has 0 unspecified atom stereocenters. The van der Waals surface area contributed by atoms with Crippen molar-refractivity contribution in [3.63, 3.8) is 0 Å². The van der Waals surface area contributed by atoms with E-state index in [4.69, 9.17) is 16.3 Å². The molecule has 3 aromatic rings. The quantitative estimate of drug-likeness (QED) is 0.475. The van der Waals surface area contributed by atoms with Crippen LogP contribution in [0.3, 0.4) is 0 Å². The highest BCUT2D eigenvalue weighted by Gasteiger charge is 2.15. The van der Waals surface area contributed by atoms with Crippen LogP contribution in [-0.2, 0) is 6.54 Å². The number of anilines is 2. The zero-order valence-corrected chi connectivity index (χ0v) is 16.0. The van der Waals surface area contributed by atoms with Crippen LogP contribution >= 0.6 is 11.6 Å². The summed E-state index contributed by atoms with van der Waals surface area (Å²) in [5.41, 5.74) is 0.140. The van der Waals surface area contributed by atoms with Gasteiger partial charge in [0.05, 0.1) is 24.4 Å². The number of phenols is 1. The van der Waals surface area contributed by atoms with Gasteiger partial charge in [0.2, 0.25) is 5.95 Å². The van der Waals surface area contributed by atoms with E-state index in [0.717, 1.165) is 12.1 Å². The number of aryl methyl sites for hydroxylation is 1. The number of methoxy groups -OCH3 is 1. The zero-order valence-electron chi connectivity index (χ0n) is 15.3. The molecule has 29 heavy (non-hydrogen) atoms. The summed E-state index contributed by atoms with van der Waals surface area (Å²) in [6.45, 7) is 1.41. The number of rotatable bonds is 5. The summed E-state index contributed by atoms with van der Waals surface area (Å²) in [4.78, 5) is 15.9. The third kappa shape index (κ3) is 4.29. The molecule has 3 rings (SSSR count). The van der Waals surface area contributed by atoms with Gasteiger partial charge in [0, 0.05) is 23.9 Å². The zero-order chi connectivity index (χ0) is 21.3. The highest BCUT2D eigenvalue weighted by Crippen LogP contribution is 2.36. The lowest BCUT2D eigenvalue weighted by atomic mass is 10.2. The average Bonchev–Trinajstić information content (AvgIpc) is 2.65. The normalized spacial score (nSPS) is 10.8. The summed E-state index contributed by atoms with van der Waals surface area (Å²) in [6, 6.07) is 4.34. The van der Waals surface area contributed by atoms with Gasteiger partial charge in [0.25, 0.3) is 5.56 Å². The number of aromatic nitrogens is 2. The van der Waals surface area contributed by atoms with E-state index >= 15 is 0 Å². The second-order valence-electron chi connectivity index (χ2n) is 6.18. The van der Waals surface area contributed by atoms with E-state index in [-0.39, 0.29) is 45.8 Å². The first-order valence-corrected chi connectivity index (χ1v) is 8.62. The molecular weight excluding hydrogens is 411 g/mol. The largest absolute Gasteiger partial charge is 0.504 e. The average molecular weight is 426 g/mol. The Labute approximate surface area is 168 Å². The highest BCUT2D eigenvalue weighted by atomic mass is 35.5. The van der Waals surface area contributed by atoms with Crippen LogP contribution in [0.1, 0.15) is 11.1 Å². The summed E-state index contributed by atoms with van der Waals surface area (Å²) in [7, 11) is 1.35. The first-order valence-electron chi connectivity index (χ1n) is 8.24. The van der Waals surface area contributed by atoms with Crippen LogP contribution in [0.5, 0.6) is 11.5 Å². The van der Waals surface area contributed by atoms with E-state index in [1.807, 2.05) is 0 Å². The summed E-state index contributed by atoms with van der Waals surface area (Å²) in [5, 5.41) is 12.7.